The molecule has 1 atom stereocenters. The number of aromatic nitrogens is 1. The summed E-state index contributed by atoms with van der Waals surface area (Å²) >= 11 is 1.54. The van der Waals surface area contributed by atoms with Crippen molar-refractivity contribution in [2.24, 2.45) is 5.92 Å². The fourth-order valence-electron chi connectivity index (χ4n) is 2.28. The van der Waals surface area contributed by atoms with E-state index in [-0.39, 0.29) is 5.91 Å². The second kappa shape index (κ2) is 6.45. The van der Waals surface area contributed by atoms with Crippen molar-refractivity contribution >= 4 is 17.2 Å². The summed E-state index contributed by atoms with van der Waals surface area (Å²) in [6, 6.07) is 0. The molecule has 0 bridgehead atoms. The van der Waals surface area contributed by atoms with Crippen molar-refractivity contribution in [3.05, 3.63) is 16.1 Å². The van der Waals surface area contributed by atoms with Gasteiger partial charge in [0.2, 0.25) is 0 Å². The summed E-state index contributed by atoms with van der Waals surface area (Å²) < 4.78 is 0. The third-order valence-electron chi connectivity index (χ3n) is 3.28. The molecule has 1 aromatic heterocycles. The number of hydrogen-bond acceptors (Lipinski definition) is 5. The van der Waals surface area contributed by atoms with Gasteiger partial charge in [-0.2, -0.15) is 0 Å². The van der Waals surface area contributed by atoms with Crippen molar-refractivity contribution in [2.75, 3.05) is 40.8 Å². The molecule has 6 heteroatoms. The van der Waals surface area contributed by atoms with E-state index in [4.69, 9.17) is 0 Å². The molecule has 1 saturated heterocycles. The predicted molar refractivity (Wildman–Crippen MR) is 77.4 cm³/mol. The van der Waals surface area contributed by atoms with Crippen LogP contribution in [0.4, 0.5) is 0 Å². The highest BCUT2D eigenvalue weighted by molar-refractivity contribution is 7.09. The maximum absolute atomic E-state index is 12.0. The summed E-state index contributed by atoms with van der Waals surface area (Å²) in [5.74, 6) is 0.532. The van der Waals surface area contributed by atoms with Gasteiger partial charge in [0, 0.05) is 25.0 Å². The van der Waals surface area contributed by atoms with E-state index < -0.39 is 0 Å². The molecule has 1 aliphatic heterocycles. The van der Waals surface area contributed by atoms with E-state index >= 15 is 0 Å². The molecule has 1 aromatic rings. The Morgan fingerprint density at radius 2 is 2.42 bits per heavy atom. The number of carbonyl (C=O) groups excluding carboxylic acids is 1. The van der Waals surface area contributed by atoms with Crippen LogP contribution in [0.25, 0.3) is 0 Å². The molecule has 0 aliphatic carbocycles. The van der Waals surface area contributed by atoms with E-state index in [0.29, 0.717) is 11.6 Å². The first-order chi connectivity index (χ1) is 9.04. The average molecular weight is 282 g/mol. The van der Waals surface area contributed by atoms with Gasteiger partial charge in [0.1, 0.15) is 10.7 Å². The molecule has 1 N–H and O–H groups in total. The van der Waals surface area contributed by atoms with Crippen LogP contribution in [0.2, 0.25) is 0 Å². The highest BCUT2D eigenvalue weighted by Crippen LogP contribution is 2.14. The third kappa shape index (κ3) is 4.26. The maximum atomic E-state index is 12.0. The number of rotatable bonds is 5. The zero-order valence-electron chi connectivity index (χ0n) is 11.8. The van der Waals surface area contributed by atoms with Gasteiger partial charge in [-0.3, -0.25) is 4.79 Å². The van der Waals surface area contributed by atoms with Crippen LogP contribution < -0.4 is 5.32 Å². The highest BCUT2D eigenvalue weighted by Gasteiger charge is 2.20. The fourth-order valence-corrected chi connectivity index (χ4v) is 3.17. The second-order valence-corrected chi connectivity index (χ2v) is 6.43. The lowest BCUT2D eigenvalue weighted by molar-refractivity contribution is 0.0943. The standard InChI is InChI=1S/C13H22N4OS/c1-16(2)8-12-15-11(9-19-12)13(18)14-6-10-4-5-17(3)7-10/h9-10H,4-8H2,1-3H3,(H,14,18)/t10-/m0/s1. The lowest BCUT2D eigenvalue weighted by Gasteiger charge is -2.10. The molecule has 1 amide bonds. The van der Waals surface area contributed by atoms with Crippen molar-refractivity contribution in [2.45, 2.75) is 13.0 Å². The third-order valence-corrected chi connectivity index (χ3v) is 4.11. The summed E-state index contributed by atoms with van der Waals surface area (Å²) in [5.41, 5.74) is 0.549. The molecular formula is C13H22N4OS. The normalized spacial score (nSPS) is 20.1. The minimum Gasteiger partial charge on any atom is -0.350 e. The Kier molecular flexibility index (Phi) is 4.90. The number of carbonyl (C=O) groups is 1. The summed E-state index contributed by atoms with van der Waals surface area (Å²) in [6.07, 6.45) is 1.17. The van der Waals surface area contributed by atoms with Crippen LogP contribution in [-0.4, -0.2) is 61.5 Å². The molecule has 19 heavy (non-hydrogen) atoms. The van der Waals surface area contributed by atoms with Gasteiger partial charge in [-0.15, -0.1) is 11.3 Å². The van der Waals surface area contributed by atoms with Crippen molar-refractivity contribution in [1.82, 2.24) is 20.1 Å². The first-order valence-electron chi connectivity index (χ1n) is 6.60. The molecule has 1 fully saturated rings. The second-order valence-electron chi connectivity index (χ2n) is 5.49. The van der Waals surface area contributed by atoms with Gasteiger partial charge < -0.3 is 15.1 Å². The number of nitrogens with zero attached hydrogens (tertiary/aromatic N) is 3. The number of hydrogen-bond donors (Lipinski definition) is 1. The average Bonchev–Trinajstić information content (AvgIpc) is 2.95. The number of likely N-dealkylation sites (tertiary alicyclic amines) is 1. The summed E-state index contributed by atoms with van der Waals surface area (Å²) in [7, 11) is 6.12. The van der Waals surface area contributed by atoms with Crippen LogP contribution in [0, 0.1) is 5.92 Å². The van der Waals surface area contributed by atoms with Gasteiger partial charge in [0.05, 0.1) is 0 Å². The van der Waals surface area contributed by atoms with Crippen molar-refractivity contribution in [3.63, 3.8) is 0 Å². The summed E-state index contributed by atoms with van der Waals surface area (Å²) in [5, 5.41) is 5.82. The molecule has 5 nitrogen and oxygen atoms in total. The molecule has 0 aromatic carbocycles. The van der Waals surface area contributed by atoms with Crippen molar-refractivity contribution < 1.29 is 4.79 Å². The highest BCUT2D eigenvalue weighted by atomic mass is 32.1. The van der Waals surface area contributed by atoms with E-state index in [1.165, 1.54) is 6.42 Å². The molecule has 1 aliphatic rings. The van der Waals surface area contributed by atoms with Gasteiger partial charge in [-0.25, -0.2) is 4.98 Å². The Bertz CT molecular complexity index is 432. The predicted octanol–water partition coefficient (Wildman–Crippen LogP) is 0.886. The van der Waals surface area contributed by atoms with E-state index in [9.17, 15) is 4.79 Å². The zero-order valence-corrected chi connectivity index (χ0v) is 12.7. The minimum atomic E-state index is -0.0455. The molecular weight excluding hydrogens is 260 g/mol. The minimum absolute atomic E-state index is 0.0455. The van der Waals surface area contributed by atoms with Gasteiger partial charge in [0.15, 0.2) is 0 Å². The van der Waals surface area contributed by atoms with Crippen molar-refractivity contribution in [3.8, 4) is 0 Å². The van der Waals surface area contributed by atoms with Crippen LogP contribution in [0.3, 0.4) is 0 Å². The number of amides is 1. The molecule has 0 spiro atoms. The molecule has 0 saturated carbocycles. The Hall–Kier alpha value is -0.980. The Labute approximate surface area is 118 Å². The smallest absolute Gasteiger partial charge is 0.270 e. The number of nitrogens with one attached hydrogen (secondary N) is 1. The quantitative estimate of drug-likeness (QED) is 0.871. The molecule has 0 radical (unpaired) electrons. The molecule has 2 rings (SSSR count). The monoisotopic (exact) mass is 282 g/mol. The summed E-state index contributed by atoms with van der Waals surface area (Å²) in [4.78, 5) is 20.7. The first-order valence-corrected chi connectivity index (χ1v) is 7.48. The zero-order chi connectivity index (χ0) is 13.8. The van der Waals surface area contributed by atoms with Gasteiger partial charge in [-0.05, 0) is 40.0 Å². The van der Waals surface area contributed by atoms with E-state index in [1.54, 1.807) is 11.3 Å². The van der Waals surface area contributed by atoms with E-state index in [1.807, 2.05) is 19.5 Å². The summed E-state index contributed by atoms with van der Waals surface area (Å²) in [6.45, 7) is 3.74. The van der Waals surface area contributed by atoms with Crippen LogP contribution in [0.5, 0.6) is 0 Å². The largest absolute Gasteiger partial charge is 0.350 e. The van der Waals surface area contributed by atoms with Crippen LogP contribution >= 0.6 is 11.3 Å². The van der Waals surface area contributed by atoms with E-state index in [0.717, 1.165) is 31.2 Å². The van der Waals surface area contributed by atoms with Crippen LogP contribution in [-0.2, 0) is 6.54 Å². The molecule has 0 unspecified atom stereocenters. The Morgan fingerprint density at radius 3 is 3.05 bits per heavy atom. The van der Waals surface area contributed by atoms with Crippen LogP contribution in [0.15, 0.2) is 5.38 Å². The Morgan fingerprint density at radius 1 is 1.63 bits per heavy atom. The lowest BCUT2D eigenvalue weighted by Crippen LogP contribution is -2.30. The van der Waals surface area contributed by atoms with Gasteiger partial charge in [0.25, 0.3) is 5.91 Å². The Balaban J connectivity index is 1.81. The first kappa shape index (κ1) is 14.4. The van der Waals surface area contributed by atoms with Gasteiger partial charge in [-0.1, -0.05) is 0 Å². The molecule has 2 heterocycles. The lowest BCUT2D eigenvalue weighted by atomic mass is 10.1. The van der Waals surface area contributed by atoms with E-state index in [2.05, 4.69) is 27.1 Å². The van der Waals surface area contributed by atoms with Gasteiger partial charge >= 0.3 is 0 Å². The number of thiazole rings is 1. The fraction of sp³-hybridized carbons (Fsp3) is 0.692. The SMILES string of the molecule is CN(C)Cc1nc(C(=O)NC[C@@H]2CCN(C)C2)cs1. The van der Waals surface area contributed by atoms with Crippen LogP contribution in [0.1, 0.15) is 21.9 Å². The maximum Gasteiger partial charge on any atom is 0.270 e. The molecule has 106 valence electrons. The topological polar surface area (TPSA) is 48.5 Å². The van der Waals surface area contributed by atoms with Crippen molar-refractivity contribution in [1.29, 1.82) is 0 Å².